The first-order valence-corrected chi connectivity index (χ1v) is 3.74. The van der Waals surface area contributed by atoms with E-state index in [0.29, 0.717) is 0 Å². The molecular weight excluding hydrogens is 192 g/mol. The zero-order valence-corrected chi connectivity index (χ0v) is 8.10. The van der Waals surface area contributed by atoms with Crippen molar-refractivity contribution in [3.63, 3.8) is 0 Å². The third-order valence-electron chi connectivity index (χ3n) is 1.07. The van der Waals surface area contributed by atoms with Gasteiger partial charge in [0.15, 0.2) is 0 Å². The van der Waals surface area contributed by atoms with Gasteiger partial charge in [0.05, 0.1) is 6.61 Å². The summed E-state index contributed by atoms with van der Waals surface area (Å²) < 4.78 is 0. The molecule has 0 aliphatic carbocycles. The lowest BCUT2D eigenvalue weighted by Crippen LogP contribution is -2.41. The molecule has 0 aliphatic heterocycles. The fourth-order valence-corrected chi connectivity index (χ4v) is 0.0781. The standard InChI is InChI=1S/C4H9NO2.C3H7NO3/c1-4(2,5)3(6)7;4-2(1-5)3(6)7/h5H2,1-2H3,(H,6,7);2,5H,1,4H2,(H,6,7)/t;2-/m.0/s1. The predicted octanol–water partition coefficient (Wildman–Crippen LogP) is -1.80. The maximum absolute atomic E-state index is 9.90. The van der Waals surface area contributed by atoms with Gasteiger partial charge in [0.25, 0.3) is 0 Å². The number of nitrogens with two attached hydrogens (primary N) is 2. The van der Waals surface area contributed by atoms with Crippen molar-refractivity contribution in [3.05, 3.63) is 0 Å². The molecule has 7 N–H and O–H groups in total. The molecule has 7 nitrogen and oxygen atoms in total. The summed E-state index contributed by atoms with van der Waals surface area (Å²) >= 11 is 0. The molecule has 0 fully saturated rings. The van der Waals surface area contributed by atoms with Crippen LogP contribution in [-0.2, 0) is 9.59 Å². The van der Waals surface area contributed by atoms with Gasteiger partial charge in [-0.25, -0.2) is 0 Å². The molecule has 0 aromatic carbocycles. The van der Waals surface area contributed by atoms with Gasteiger partial charge in [-0.15, -0.1) is 0 Å². The minimum absolute atomic E-state index is 0.505. The van der Waals surface area contributed by atoms with Crippen molar-refractivity contribution in [3.8, 4) is 0 Å². The van der Waals surface area contributed by atoms with Crippen LogP contribution in [0.1, 0.15) is 13.8 Å². The van der Waals surface area contributed by atoms with Crippen molar-refractivity contribution in [1.29, 1.82) is 0 Å². The van der Waals surface area contributed by atoms with Crippen LogP contribution in [0.3, 0.4) is 0 Å². The third kappa shape index (κ3) is 8.91. The summed E-state index contributed by atoms with van der Waals surface area (Å²) in [6.45, 7) is 2.38. The van der Waals surface area contributed by atoms with Gasteiger partial charge in [-0.1, -0.05) is 0 Å². The third-order valence-corrected chi connectivity index (χ3v) is 1.07. The number of aliphatic hydroxyl groups is 1. The van der Waals surface area contributed by atoms with E-state index >= 15 is 0 Å². The molecule has 0 radical (unpaired) electrons. The molecule has 0 unspecified atom stereocenters. The monoisotopic (exact) mass is 208 g/mol. The highest BCUT2D eigenvalue weighted by Crippen LogP contribution is 1.93. The van der Waals surface area contributed by atoms with Crippen LogP contribution in [-0.4, -0.2) is 45.4 Å². The largest absolute Gasteiger partial charge is 0.480 e. The topological polar surface area (TPSA) is 147 Å². The van der Waals surface area contributed by atoms with Gasteiger partial charge in [-0.2, -0.15) is 0 Å². The second-order valence-corrected chi connectivity index (χ2v) is 3.15. The average molecular weight is 208 g/mol. The maximum atomic E-state index is 9.90. The van der Waals surface area contributed by atoms with E-state index in [1.54, 1.807) is 0 Å². The molecule has 0 amide bonds. The number of hydrogen-bond acceptors (Lipinski definition) is 5. The van der Waals surface area contributed by atoms with Gasteiger partial charge in [-0.05, 0) is 13.8 Å². The summed E-state index contributed by atoms with van der Waals surface area (Å²) in [7, 11) is 0. The van der Waals surface area contributed by atoms with Crippen LogP contribution in [0.15, 0.2) is 0 Å². The summed E-state index contributed by atoms with van der Waals surface area (Å²) in [5.74, 6) is -2.16. The summed E-state index contributed by atoms with van der Waals surface area (Å²) in [5, 5.41) is 24.0. The van der Waals surface area contributed by atoms with Crippen LogP contribution in [0.4, 0.5) is 0 Å². The number of carboxylic acids is 2. The molecule has 14 heavy (non-hydrogen) atoms. The van der Waals surface area contributed by atoms with Crippen molar-refractivity contribution in [2.45, 2.75) is 25.4 Å². The number of aliphatic hydroxyl groups excluding tert-OH is 1. The van der Waals surface area contributed by atoms with Crippen molar-refractivity contribution < 1.29 is 24.9 Å². The van der Waals surface area contributed by atoms with Crippen molar-refractivity contribution in [1.82, 2.24) is 0 Å². The Morgan fingerprint density at radius 3 is 1.64 bits per heavy atom. The minimum Gasteiger partial charge on any atom is -0.480 e. The van der Waals surface area contributed by atoms with E-state index in [4.69, 9.17) is 26.8 Å². The number of rotatable bonds is 3. The first kappa shape index (κ1) is 15.3. The van der Waals surface area contributed by atoms with E-state index in [0.717, 1.165) is 0 Å². The average Bonchev–Trinajstić information content (AvgIpc) is 2.02. The van der Waals surface area contributed by atoms with E-state index in [9.17, 15) is 9.59 Å². The van der Waals surface area contributed by atoms with Gasteiger partial charge >= 0.3 is 11.9 Å². The van der Waals surface area contributed by atoms with Crippen LogP contribution in [0.5, 0.6) is 0 Å². The van der Waals surface area contributed by atoms with E-state index in [1.807, 2.05) is 0 Å². The fourth-order valence-electron chi connectivity index (χ4n) is 0.0781. The Bertz CT molecular complexity index is 199. The first-order chi connectivity index (χ1) is 6.12. The Morgan fingerprint density at radius 1 is 1.36 bits per heavy atom. The van der Waals surface area contributed by atoms with E-state index in [-0.39, 0.29) is 0 Å². The van der Waals surface area contributed by atoms with Gasteiger partial charge in [0.2, 0.25) is 0 Å². The molecule has 0 heterocycles. The molecule has 0 saturated heterocycles. The Morgan fingerprint density at radius 2 is 1.64 bits per heavy atom. The van der Waals surface area contributed by atoms with Crippen LogP contribution < -0.4 is 11.5 Å². The normalized spacial score (nSPS) is 12.4. The Kier molecular flexibility index (Phi) is 6.89. The molecule has 1 atom stereocenters. The highest BCUT2D eigenvalue weighted by Gasteiger charge is 2.19. The maximum Gasteiger partial charge on any atom is 0.323 e. The predicted molar refractivity (Wildman–Crippen MR) is 48.6 cm³/mol. The van der Waals surface area contributed by atoms with Gasteiger partial charge < -0.3 is 26.8 Å². The van der Waals surface area contributed by atoms with Crippen LogP contribution >= 0.6 is 0 Å². The number of carboxylic acid groups (broad SMARTS) is 2. The molecule has 0 aromatic heterocycles. The van der Waals surface area contributed by atoms with Crippen LogP contribution in [0.25, 0.3) is 0 Å². The highest BCUT2D eigenvalue weighted by molar-refractivity contribution is 5.77. The number of carbonyl (C=O) groups is 2. The molecule has 0 aromatic rings. The minimum atomic E-state index is -1.18. The molecule has 0 aliphatic rings. The van der Waals surface area contributed by atoms with E-state index in [2.05, 4.69) is 0 Å². The lowest BCUT2D eigenvalue weighted by molar-refractivity contribution is -0.142. The number of hydrogen-bond donors (Lipinski definition) is 5. The molecule has 7 heteroatoms. The van der Waals surface area contributed by atoms with Crippen molar-refractivity contribution in [2.24, 2.45) is 11.5 Å². The Hall–Kier alpha value is -1.18. The summed E-state index contributed by atoms with van der Waals surface area (Å²) in [6.07, 6.45) is 0. The Balaban J connectivity index is 0. The molecular formula is C7H16N2O5. The quantitative estimate of drug-likeness (QED) is 0.367. The van der Waals surface area contributed by atoms with Gasteiger partial charge in [0, 0.05) is 0 Å². The zero-order chi connectivity index (χ0) is 11.9. The Labute approximate surface area is 81.3 Å². The van der Waals surface area contributed by atoms with E-state index in [1.165, 1.54) is 13.8 Å². The number of aliphatic carboxylic acids is 2. The lowest BCUT2D eigenvalue weighted by atomic mass is 10.1. The second kappa shape index (κ2) is 6.30. The molecule has 84 valence electrons. The first-order valence-electron chi connectivity index (χ1n) is 3.74. The second-order valence-electron chi connectivity index (χ2n) is 3.15. The molecule has 0 rings (SSSR count). The van der Waals surface area contributed by atoms with Gasteiger partial charge in [-0.3, -0.25) is 9.59 Å². The zero-order valence-electron chi connectivity index (χ0n) is 8.10. The summed E-state index contributed by atoms with van der Waals surface area (Å²) in [6, 6.07) is -1.13. The fraction of sp³-hybridized carbons (Fsp3) is 0.714. The van der Waals surface area contributed by atoms with Crippen molar-refractivity contribution >= 4 is 11.9 Å². The molecule has 0 spiro atoms. The lowest BCUT2D eigenvalue weighted by Gasteiger charge is -2.09. The molecule has 0 saturated carbocycles. The van der Waals surface area contributed by atoms with Crippen LogP contribution in [0, 0.1) is 0 Å². The van der Waals surface area contributed by atoms with E-state index < -0.39 is 30.1 Å². The summed E-state index contributed by atoms with van der Waals surface area (Å²) in [5.41, 5.74) is 8.76. The van der Waals surface area contributed by atoms with Crippen molar-refractivity contribution in [2.75, 3.05) is 6.61 Å². The smallest absolute Gasteiger partial charge is 0.323 e. The summed E-state index contributed by atoms with van der Waals surface area (Å²) in [4.78, 5) is 19.5. The SMILES string of the molecule is CC(C)(N)C(=O)O.N[C@@H](CO)C(=O)O. The van der Waals surface area contributed by atoms with Gasteiger partial charge in [0.1, 0.15) is 11.6 Å². The molecule has 0 bridgehead atoms. The highest BCUT2D eigenvalue weighted by atomic mass is 16.4. The van der Waals surface area contributed by atoms with Crippen LogP contribution in [0.2, 0.25) is 0 Å².